The number of aryl methyl sites for hydroxylation is 2. The van der Waals surface area contributed by atoms with Crippen molar-refractivity contribution in [2.24, 2.45) is 12.2 Å². The summed E-state index contributed by atoms with van der Waals surface area (Å²) < 4.78 is 4.26. The standard InChI is InChI=1S/C25H26N10O2/c1-4-5-13-34-21-22(29-24(34)33-12-8-9-17(14-33)30-31-26)32(3)25(37)35(23(21)36)15-20-27-16(2)18-10-6-7-11-19(18)28-20/h6-7,10-11,17H,8-9,12-15H2,1-3H3/t17-/m1/s1. The van der Waals surface area contributed by atoms with Crippen LogP contribution in [0.15, 0.2) is 39.0 Å². The van der Waals surface area contributed by atoms with Crippen LogP contribution in [-0.4, -0.2) is 47.8 Å². The fraction of sp³-hybridized carbons (Fsp3) is 0.400. The second-order valence-electron chi connectivity index (χ2n) is 9.02. The number of anilines is 1. The minimum atomic E-state index is -0.504. The summed E-state index contributed by atoms with van der Waals surface area (Å²) >= 11 is 0. The number of aromatic nitrogens is 6. The average Bonchev–Trinajstić information content (AvgIpc) is 3.29. The normalized spacial score (nSPS) is 15.4. The molecule has 3 aromatic heterocycles. The van der Waals surface area contributed by atoms with Gasteiger partial charge in [-0.3, -0.25) is 18.5 Å². The molecule has 0 amide bonds. The Kier molecular flexibility index (Phi) is 6.38. The smallest absolute Gasteiger partial charge is 0.332 e. The van der Waals surface area contributed by atoms with Gasteiger partial charge in [0.05, 0.1) is 24.6 Å². The van der Waals surface area contributed by atoms with Gasteiger partial charge < -0.3 is 4.90 Å². The van der Waals surface area contributed by atoms with E-state index < -0.39 is 11.2 Å². The number of azide groups is 1. The third-order valence-corrected chi connectivity index (χ3v) is 6.66. The predicted octanol–water partition coefficient (Wildman–Crippen LogP) is 2.50. The predicted molar refractivity (Wildman–Crippen MR) is 140 cm³/mol. The first-order valence-electron chi connectivity index (χ1n) is 12.0. The van der Waals surface area contributed by atoms with Crippen molar-refractivity contribution in [1.29, 1.82) is 0 Å². The van der Waals surface area contributed by atoms with Crippen LogP contribution < -0.4 is 16.1 Å². The molecular formula is C25H26N10O2. The van der Waals surface area contributed by atoms with E-state index >= 15 is 0 Å². The molecule has 1 fully saturated rings. The number of hydrogen-bond acceptors (Lipinski definition) is 7. The second-order valence-corrected chi connectivity index (χ2v) is 9.02. The zero-order chi connectivity index (χ0) is 26.1. The minimum absolute atomic E-state index is 0.0736. The maximum absolute atomic E-state index is 13.8. The molecule has 0 spiro atoms. The number of para-hydroxylation sites is 1. The molecule has 0 N–H and O–H groups in total. The van der Waals surface area contributed by atoms with Crippen LogP contribution in [0.2, 0.25) is 0 Å². The summed E-state index contributed by atoms with van der Waals surface area (Å²) in [5.74, 6) is 6.80. The van der Waals surface area contributed by atoms with E-state index in [1.165, 1.54) is 4.57 Å². The fourth-order valence-corrected chi connectivity index (χ4v) is 4.86. The van der Waals surface area contributed by atoms with Gasteiger partial charge in [0.15, 0.2) is 11.2 Å². The summed E-state index contributed by atoms with van der Waals surface area (Å²) in [6.07, 6.45) is 1.60. The summed E-state index contributed by atoms with van der Waals surface area (Å²) in [4.78, 5) is 45.9. The quantitative estimate of drug-likeness (QED) is 0.179. The van der Waals surface area contributed by atoms with Crippen molar-refractivity contribution in [2.75, 3.05) is 18.0 Å². The molecule has 1 saturated heterocycles. The molecule has 0 aliphatic carbocycles. The number of imidazole rings is 1. The lowest BCUT2D eigenvalue weighted by molar-refractivity contribution is 0.494. The molecule has 5 rings (SSSR count). The van der Waals surface area contributed by atoms with Gasteiger partial charge in [0, 0.05) is 36.1 Å². The van der Waals surface area contributed by atoms with Crippen LogP contribution in [0.4, 0.5) is 5.95 Å². The number of piperidine rings is 1. The Morgan fingerprint density at radius 2 is 2.00 bits per heavy atom. The van der Waals surface area contributed by atoms with Crippen molar-refractivity contribution in [2.45, 2.75) is 45.8 Å². The molecular weight excluding hydrogens is 472 g/mol. The van der Waals surface area contributed by atoms with Gasteiger partial charge in [-0.1, -0.05) is 29.2 Å². The molecule has 1 aliphatic heterocycles. The Morgan fingerprint density at radius 1 is 1.19 bits per heavy atom. The molecule has 4 aromatic rings. The maximum Gasteiger partial charge on any atom is 0.332 e. The summed E-state index contributed by atoms with van der Waals surface area (Å²) in [5.41, 5.74) is 10.0. The van der Waals surface area contributed by atoms with Crippen LogP contribution in [0.25, 0.3) is 32.5 Å². The number of rotatable bonds is 5. The zero-order valence-electron chi connectivity index (χ0n) is 20.9. The van der Waals surface area contributed by atoms with Crippen molar-refractivity contribution in [3.05, 3.63) is 67.1 Å². The van der Waals surface area contributed by atoms with Crippen molar-refractivity contribution >= 4 is 28.0 Å². The van der Waals surface area contributed by atoms with E-state index in [9.17, 15) is 9.59 Å². The van der Waals surface area contributed by atoms with E-state index in [4.69, 9.17) is 10.5 Å². The molecule has 12 heteroatoms. The summed E-state index contributed by atoms with van der Waals surface area (Å²) in [6.45, 7) is 4.92. The van der Waals surface area contributed by atoms with Crippen LogP contribution in [-0.2, 0) is 20.1 Å². The topological polar surface area (TPSA) is 140 Å². The molecule has 0 saturated carbocycles. The zero-order valence-corrected chi connectivity index (χ0v) is 20.9. The Bertz CT molecular complexity index is 1750. The van der Waals surface area contributed by atoms with Gasteiger partial charge in [-0.15, -0.1) is 5.92 Å². The lowest BCUT2D eigenvalue weighted by Crippen LogP contribution is -2.40. The lowest BCUT2D eigenvalue weighted by atomic mass is 10.1. The lowest BCUT2D eigenvalue weighted by Gasteiger charge is -2.31. The van der Waals surface area contributed by atoms with Gasteiger partial charge in [-0.05, 0) is 38.3 Å². The van der Waals surface area contributed by atoms with Crippen LogP contribution >= 0.6 is 0 Å². The minimum Gasteiger partial charge on any atom is -0.342 e. The summed E-state index contributed by atoms with van der Waals surface area (Å²) in [6, 6.07) is 7.43. The third kappa shape index (κ3) is 4.30. The van der Waals surface area contributed by atoms with E-state index in [2.05, 4.69) is 31.8 Å². The van der Waals surface area contributed by atoms with E-state index in [-0.39, 0.29) is 30.3 Å². The second kappa shape index (κ2) is 9.79. The first kappa shape index (κ1) is 24.1. The molecule has 0 radical (unpaired) electrons. The Labute approximate surface area is 211 Å². The fourth-order valence-electron chi connectivity index (χ4n) is 4.86. The molecule has 0 bridgehead atoms. The summed E-state index contributed by atoms with van der Waals surface area (Å²) in [5, 5.41) is 4.80. The van der Waals surface area contributed by atoms with Crippen LogP contribution in [0.5, 0.6) is 0 Å². The average molecular weight is 499 g/mol. The van der Waals surface area contributed by atoms with Gasteiger partial charge in [-0.25, -0.2) is 14.8 Å². The maximum atomic E-state index is 13.8. The Balaban J connectivity index is 1.67. The summed E-state index contributed by atoms with van der Waals surface area (Å²) in [7, 11) is 1.60. The Morgan fingerprint density at radius 3 is 2.78 bits per heavy atom. The van der Waals surface area contributed by atoms with E-state index in [1.54, 1.807) is 18.5 Å². The van der Waals surface area contributed by atoms with Crippen LogP contribution in [0, 0.1) is 18.8 Å². The first-order valence-corrected chi connectivity index (χ1v) is 12.0. The molecule has 188 valence electrons. The van der Waals surface area contributed by atoms with E-state index in [0.29, 0.717) is 24.9 Å². The van der Waals surface area contributed by atoms with Crippen molar-refractivity contribution in [1.82, 2.24) is 28.7 Å². The van der Waals surface area contributed by atoms with Crippen LogP contribution in [0.1, 0.15) is 31.3 Å². The van der Waals surface area contributed by atoms with Gasteiger partial charge >= 0.3 is 5.69 Å². The molecule has 1 aromatic carbocycles. The monoisotopic (exact) mass is 498 g/mol. The number of hydrogen-bond donors (Lipinski definition) is 0. The van der Waals surface area contributed by atoms with Crippen LogP contribution in [0.3, 0.4) is 0 Å². The highest BCUT2D eigenvalue weighted by Gasteiger charge is 2.27. The van der Waals surface area contributed by atoms with Gasteiger partial charge in [0.2, 0.25) is 5.95 Å². The molecule has 1 atom stereocenters. The van der Waals surface area contributed by atoms with E-state index in [0.717, 1.165) is 34.0 Å². The molecule has 4 heterocycles. The number of benzene rings is 1. The van der Waals surface area contributed by atoms with Gasteiger partial charge in [0.25, 0.3) is 5.56 Å². The Hall–Kier alpha value is -4.62. The highest BCUT2D eigenvalue weighted by Crippen LogP contribution is 2.24. The number of fused-ring (bicyclic) bond motifs is 2. The molecule has 12 nitrogen and oxygen atoms in total. The number of nitrogens with zero attached hydrogens (tertiary/aromatic N) is 10. The first-order chi connectivity index (χ1) is 17.9. The van der Waals surface area contributed by atoms with Crippen molar-refractivity contribution < 1.29 is 0 Å². The molecule has 0 unspecified atom stereocenters. The van der Waals surface area contributed by atoms with Gasteiger partial charge in [-0.2, -0.15) is 4.98 Å². The third-order valence-electron chi connectivity index (χ3n) is 6.66. The van der Waals surface area contributed by atoms with Crippen molar-refractivity contribution in [3.8, 4) is 11.8 Å². The molecule has 37 heavy (non-hydrogen) atoms. The SMILES string of the molecule is CC#CCn1c(N2CCC[C@@H](N=[N+]=[N-])C2)nc2c1c(=O)n(Cc1nc(C)c3ccccc3n1)c(=O)n2C. The van der Waals surface area contributed by atoms with E-state index in [1.807, 2.05) is 36.1 Å². The largest absolute Gasteiger partial charge is 0.342 e. The highest BCUT2D eigenvalue weighted by atomic mass is 16.2. The highest BCUT2D eigenvalue weighted by molar-refractivity contribution is 5.80. The van der Waals surface area contributed by atoms with Gasteiger partial charge in [0.1, 0.15) is 5.82 Å². The van der Waals surface area contributed by atoms with Crippen molar-refractivity contribution in [3.63, 3.8) is 0 Å². The molecule has 1 aliphatic rings.